The third kappa shape index (κ3) is 7.48. The molecular formula is C17H26FIN2O2. The van der Waals surface area contributed by atoms with Crippen LogP contribution < -0.4 is 5.32 Å². The van der Waals surface area contributed by atoms with Gasteiger partial charge in [0.25, 0.3) is 0 Å². The monoisotopic (exact) mass is 436 g/mol. The van der Waals surface area contributed by atoms with Crippen molar-refractivity contribution in [2.24, 2.45) is 0 Å². The van der Waals surface area contributed by atoms with Crippen molar-refractivity contribution in [1.82, 2.24) is 10.2 Å². The third-order valence-electron chi connectivity index (χ3n) is 3.35. The normalized spacial score (nSPS) is 13.0. The Hall–Kier alpha value is -0.890. The van der Waals surface area contributed by atoms with Crippen LogP contribution in [0.4, 0.5) is 9.18 Å². The second-order valence-electron chi connectivity index (χ2n) is 6.53. The topological polar surface area (TPSA) is 41.6 Å². The van der Waals surface area contributed by atoms with Crippen LogP contribution in [0.3, 0.4) is 0 Å². The predicted molar refractivity (Wildman–Crippen MR) is 98.9 cm³/mol. The van der Waals surface area contributed by atoms with Gasteiger partial charge in [0.15, 0.2) is 0 Å². The molecule has 0 radical (unpaired) electrons. The number of carbonyl (C=O) groups excluding carboxylic acids is 1. The van der Waals surface area contributed by atoms with Gasteiger partial charge >= 0.3 is 6.09 Å². The van der Waals surface area contributed by atoms with E-state index < -0.39 is 11.7 Å². The standard InChI is InChI=1S/C17H26FIN2O2/c1-6-21(11-13-9-14(18)7-8-15(13)19)12(2)10-20-16(22)23-17(3,4)5/h7-9,12H,6,10-11H2,1-5H3,(H,20,22)/t12-/m0/s1. The molecule has 0 saturated carbocycles. The lowest BCUT2D eigenvalue weighted by Gasteiger charge is -2.29. The molecule has 1 aromatic rings. The van der Waals surface area contributed by atoms with Gasteiger partial charge in [-0.3, -0.25) is 4.90 Å². The molecule has 1 aromatic carbocycles. The molecule has 0 bridgehead atoms. The first-order valence-corrected chi connectivity index (χ1v) is 8.85. The summed E-state index contributed by atoms with van der Waals surface area (Å²) in [5.41, 5.74) is 0.451. The van der Waals surface area contributed by atoms with Crippen LogP contribution in [0.25, 0.3) is 0 Å². The number of amides is 1. The molecule has 130 valence electrons. The van der Waals surface area contributed by atoms with Gasteiger partial charge in [-0.15, -0.1) is 0 Å². The number of benzene rings is 1. The molecule has 1 amide bonds. The maximum atomic E-state index is 13.4. The fourth-order valence-corrected chi connectivity index (χ4v) is 2.64. The summed E-state index contributed by atoms with van der Waals surface area (Å²) >= 11 is 2.21. The average molecular weight is 436 g/mol. The zero-order valence-electron chi connectivity index (χ0n) is 14.5. The number of hydrogen-bond acceptors (Lipinski definition) is 3. The van der Waals surface area contributed by atoms with E-state index in [1.165, 1.54) is 6.07 Å². The van der Waals surface area contributed by atoms with E-state index in [1.54, 1.807) is 12.1 Å². The Morgan fingerprint density at radius 2 is 2.09 bits per heavy atom. The first-order chi connectivity index (χ1) is 10.6. The van der Waals surface area contributed by atoms with Gasteiger partial charge in [-0.2, -0.15) is 0 Å². The number of nitrogens with zero attached hydrogens (tertiary/aromatic N) is 1. The Morgan fingerprint density at radius 1 is 1.43 bits per heavy atom. The van der Waals surface area contributed by atoms with Crippen LogP contribution >= 0.6 is 22.6 Å². The van der Waals surface area contributed by atoms with E-state index in [1.807, 2.05) is 27.7 Å². The molecule has 0 fully saturated rings. The highest BCUT2D eigenvalue weighted by Gasteiger charge is 2.19. The fraction of sp³-hybridized carbons (Fsp3) is 0.588. The molecule has 1 rings (SSSR count). The maximum Gasteiger partial charge on any atom is 0.407 e. The highest BCUT2D eigenvalue weighted by Crippen LogP contribution is 2.17. The molecule has 0 aliphatic heterocycles. The summed E-state index contributed by atoms with van der Waals surface area (Å²) in [6.45, 7) is 11.5. The van der Waals surface area contributed by atoms with Gasteiger partial charge in [-0.25, -0.2) is 9.18 Å². The zero-order valence-corrected chi connectivity index (χ0v) is 16.6. The first kappa shape index (κ1) is 20.2. The first-order valence-electron chi connectivity index (χ1n) is 7.77. The smallest absolute Gasteiger partial charge is 0.407 e. The van der Waals surface area contributed by atoms with Crippen LogP contribution in [0.1, 0.15) is 40.2 Å². The van der Waals surface area contributed by atoms with E-state index in [-0.39, 0.29) is 11.9 Å². The quantitative estimate of drug-likeness (QED) is 0.681. The van der Waals surface area contributed by atoms with E-state index in [4.69, 9.17) is 4.74 Å². The minimum atomic E-state index is -0.505. The van der Waals surface area contributed by atoms with Crippen molar-refractivity contribution in [1.29, 1.82) is 0 Å². The minimum Gasteiger partial charge on any atom is -0.444 e. The molecule has 1 atom stereocenters. The number of ether oxygens (including phenoxy) is 1. The van der Waals surface area contributed by atoms with E-state index in [9.17, 15) is 9.18 Å². The number of rotatable bonds is 6. The van der Waals surface area contributed by atoms with Crippen LogP contribution in [0.5, 0.6) is 0 Å². The number of halogens is 2. The van der Waals surface area contributed by atoms with Crippen LogP contribution in [0, 0.1) is 9.39 Å². The Morgan fingerprint density at radius 3 is 2.65 bits per heavy atom. The summed E-state index contributed by atoms with van der Waals surface area (Å²) in [6.07, 6.45) is -0.416. The van der Waals surface area contributed by atoms with E-state index in [0.717, 1.165) is 15.7 Å². The number of hydrogen-bond donors (Lipinski definition) is 1. The van der Waals surface area contributed by atoms with Crippen molar-refractivity contribution in [3.8, 4) is 0 Å². The molecule has 0 aromatic heterocycles. The lowest BCUT2D eigenvalue weighted by Crippen LogP contribution is -2.43. The van der Waals surface area contributed by atoms with Crippen LogP contribution in [0.2, 0.25) is 0 Å². The second kappa shape index (κ2) is 8.82. The minimum absolute atomic E-state index is 0.117. The lowest BCUT2D eigenvalue weighted by atomic mass is 10.1. The number of alkyl carbamates (subject to hydrolysis) is 1. The Balaban J connectivity index is 2.60. The van der Waals surface area contributed by atoms with Gasteiger partial charge in [-0.05, 0) is 80.6 Å². The molecule has 4 nitrogen and oxygen atoms in total. The number of nitrogens with one attached hydrogen (secondary N) is 1. The van der Waals surface area contributed by atoms with Crippen molar-refractivity contribution in [2.75, 3.05) is 13.1 Å². The van der Waals surface area contributed by atoms with Crippen molar-refractivity contribution in [3.63, 3.8) is 0 Å². The second-order valence-corrected chi connectivity index (χ2v) is 7.69. The molecule has 1 N–H and O–H groups in total. The van der Waals surface area contributed by atoms with Crippen LogP contribution in [0.15, 0.2) is 18.2 Å². The molecule has 0 heterocycles. The van der Waals surface area contributed by atoms with E-state index >= 15 is 0 Å². The molecule has 0 spiro atoms. The average Bonchev–Trinajstić information content (AvgIpc) is 2.43. The Labute approximate surface area is 151 Å². The predicted octanol–water partition coefficient (Wildman–Crippen LogP) is 4.17. The Kier molecular flexibility index (Phi) is 7.73. The highest BCUT2D eigenvalue weighted by atomic mass is 127. The van der Waals surface area contributed by atoms with Gasteiger partial charge in [-0.1, -0.05) is 6.92 Å². The number of carbonyl (C=O) groups is 1. The molecule has 0 saturated heterocycles. The summed E-state index contributed by atoms with van der Waals surface area (Å²) in [5.74, 6) is -0.226. The molecule has 0 aliphatic carbocycles. The Bertz CT molecular complexity index is 532. The van der Waals surface area contributed by atoms with E-state index in [2.05, 4.69) is 39.7 Å². The van der Waals surface area contributed by atoms with Crippen molar-refractivity contribution >= 4 is 28.7 Å². The van der Waals surface area contributed by atoms with Crippen LogP contribution in [-0.4, -0.2) is 35.7 Å². The maximum absolute atomic E-state index is 13.4. The molecule has 0 unspecified atom stereocenters. The highest BCUT2D eigenvalue weighted by molar-refractivity contribution is 14.1. The molecule has 6 heteroatoms. The molecule has 0 aliphatic rings. The summed E-state index contributed by atoms with van der Waals surface area (Å²) < 4.78 is 19.7. The summed E-state index contributed by atoms with van der Waals surface area (Å²) in [6, 6.07) is 4.93. The zero-order chi connectivity index (χ0) is 17.6. The fourth-order valence-electron chi connectivity index (χ4n) is 2.14. The lowest BCUT2D eigenvalue weighted by molar-refractivity contribution is 0.0509. The summed E-state index contributed by atoms with van der Waals surface area (Å²) in [5, 5.41) is 2.79. The van der Waals surface area contributed by atoms with Gasteiger partial charge in [0.1, 0.15) is 11.4 Å². The number of likely N-dealkylation sites (N-methyl/N-ethyl adjacent to an activating group) is 1. The SMILES string of the molecule is CCN(Cc1cc(F)ccc1I)[C@@H](C)CNC(=O)OC(C)(C)C. The van der Waals surface area contributed by atoms with Gasteiger partial charge in [0.2, 0.25) is 0 Å². The summed E-state index contributed by atoms with van der Waals surface area (Å²) in [7, 11) is 0. The summed E-state index contributed by atoms with van der Waals surface area (Å²) in [4.78, 5) is 13.9. The third-order valence-corrected chi connectivity index (χ3v) is 4.40. The van der Waals surface area contributed by atoms with Crippen molar-refractivity contribution < 1.29 is 13.9 Å². The van der Waals surface area contributed by atoms with Gasteiger partial charge in [0.05, 0.1) is 0 Å². The van der Waals surface area contributed by atoms with Crippen molar-refractivity contribution in [3.05, 3.63) is 33.1 Å². The van der Waals surface area contributed by atoms with Crippen LogP contribution in [-0.2, 0) is 11.3 Å². The van der Waals surface area contributed by atoms with Crippen molar-refractivity contribution in [2.45, 2.75) is 52.8 Å². The van der Waals surface area contributed by atoms with Gasteiger partial charge < -0.3 is 10.1 Å². The molecule has 23 heavy (non-hydrogen) atoms. The molecular weight excluding hydrogens is 410 g/mol. The van der Waals surface area contributed by atoms with E-state index in [0.29, 0.717) is 13.1 Å². The van der Waals surface area contributed by atoms with Gasteiger partial charge in [0, 0.05) is 22.7 Å². The largest absolute Gasteiger partial charge is 0.444 e.